The molecule has 0 radical (unpaired) electrons. The lowest BCUT2D eigenvalue weighted by atomic mass is 10.2. The molecule has 1 aliphatic heterocycles. The minimum absolute atomic E-state index is 0.0590. The van der Waals surface area contributed by atoms with Crippen molar-refractivity contribution in [2.24, 2.45) is 0 Å². The lowest BCUT2D eigenvalue weighted by molar-refractivity contribution is 0.0940. The highest BCUT2D eigenvalue weighted by molar-refractivity contribution is 5.94. The number of hydrogen-bond acceptors (Lipinski definition) is 5. The van der Waals surface area contributed by atoms with E-state index in [9.17, 15) is 4.79 Å². The van der Waals surface area contributed by atoms with E-state index >= 15 is 0 Å². The van der Waals surface area contributed by atoms with Crippen molar-refractivity contribution in [1.29, 1.82) is 0 Å². The Bertz CT molecular complexity index is 676. The number of carbonyl (C=O) groups is 1. The Balaban J connectivity index is 1.51. The van der Waals surface area contributed by atoms with Gasteiger partial charge in [0, 0.05) is 38.0 Å². The Hall–Kier alpha value is -2.60. The maximum absolute atomic E-state index is 12.4. The van der Waals surface area contributed by atoms with Gasteiger partial charge in [0.1, 0.15) is 18.2 Å². The van der Waals surface area contributed by atoms with E-state index in [1.54, 1.807) is 37.6 Å². The zero-order valence-electron chi connectivity index (χ0n) is 14.4. The molecule has 1 fully saturated rings. The molecular formula is C19H23N3O3. The molecule has 0 aliphatic carbocycles. The van der Waals surface area contributed by atoms with Crippen molar-refractivity contribution in [3.63, 3.8) is 0 Å². The Morgan fingerprint density at radius 2 is 2.08 bits per heavy atom. The van der Waals surface area contributed by atoms with E-state index in [-0.39, 0.29) is 11.9 Å². The number of hydrogen-bond donors (Lipinski definition) is 1. The van der Waals surface area contributed by atoms with Crippen LogP contribution in [0.5, 0.6) is 5.75 Å². The number of rotatable bonds is 7. The molecule has 25 heavy (non-hydrogen) atoms. The van der Waals surface area contributed by atoms with Crippen molar-refractivity contribution in [2.75, 3.05) is 38.3 Å². The standard InChI is InChI=1S/C19H23N3O3/c1-24-12-13-25-17-7-5-15(6-8-17)19(23)21-16-9-11-22(14-16)18-4-2-3-10-20-18/h2-8,10,16H,9,11-14H2,1H3,(H,21,23). The molecule has 1 aromatic carbocycles. The van der Waals surface area contributed by atoms with Crippen molar-refractivity contribution in [3.05, 3.63) is 54.2 Å². The number of nitrogens with one attached hydrogen (secondary N) is 1. The van der Waals surface area contributed by atoms with Crippen molar-refractivity contribution in [1.82, 2.24) is 10.3 Å². The van der Waals surface area contributed by atoms with Crippen LogP contribution in [0, 0.1) is 0 Å². The number of amides is 1. The molecule has 1 saturated heterocycles. The second-order valence-corrected chi connectivity index (χ2v) is 5.96. The zero-order valence-corrected chi connectivity index (χ0v) is 14.4. The molecule has 0 spiro atoms. The molecule has 3 rings (SSSR count). The van der Waals surface area contributed by atoms with Crippen LogP contribution < -0.4 is 15.0 Å². The second kappa shape index (κ2) is 8.48. The molecule has 1 aromatic heterocycles. The predicted octanol–water partition coefficient (Wildman–Crippen LogP) is 2.12. The van der Waals surface area contributed by atoms with Crippen molar-refractivity contribution < 1.29 is 14.3 Å². The third kappa shape index (κ3) is 4.70. The summed E-state index contributed by atoms with van der Waals surface area (Å²) in [5, 5.41) is 3.10. The predicted molar refractivity (Wildman–Crippen MR) is 96.1 cm³/mol. The lowest BCUT2D eigenvalue weighted by Crippen LogP contribution is -2.37. The van der Waals surface area contributed by atoms with Crippen molar-refractivity contribution in [3.8, 4) is 5.75 Å². The van der Waals surface area contributed by atoms with Gasteiger partial charge in [-0.15, -0.1) is 0 Å². The maximum atomic E-state index is 12.4. The summed E-state index contributed by atoms with van der Waals surface area (Å²) in [7, 11) is 1.63. The van der Waals surface area contributed by atoms with Gasteiger partial charge in [-0.3, -0.25) is 4.79 Å². The number of pyridine rings is 1. The van der Waals surface area contributed by atoms with Gasteiger partial charge in [-0.25, -0.2) is 4.98 Å². The zero-order chi connectivity index (χ0) is 17.5. The molecular weight excluding hydrogens is 318 g/mol. The summed E-state index contributed by atoms with van der Waals surface area (Å²) >= 11 is 0. The van der Waals surface area contributed by atoms with Crippen LogP contribution in [0.4, 0.5) is 5.82 Å². The van der Waals surface area contributed by atoms with E-state index < -0.39 is 0 Å². The minimum atomic E-state index is -0.0590. The van der Waals surface area contributed by atoms with Gasteiger partial charge in [0.2, 0.25) is 0 Å². The molecule has 1 unspecified atom stereocenters. The fourth-order valence-corrected chi connectivity index (χ4v) is 2.84. The molecule has 0 bridgehead atoms. The van der Waals surface area contributed by atoms with Crippen LogP contribution >= 0.6 is 0 Å². The smallest absolute Gasteiger partial charge is 0.251 e. The summed E-state index contributed by atoms with van der Waals surface area (Å²) in [5.41, 5.74) is 0.635. The molecule has 2 aromatic rings. The minimum Gasteiger partial charge on any atom is -0.491 e. The largest absolute Gasteiger partial charge is 0.491 e. The molecule has 2 heterocycles. The normalized spacial score (nSPS) is 16.7. The van der Waals surface area contributed by atoms with E-state index in [4.69, 9.17) is 9.47 Å². The van der Waals surface area contributed by atoms with Crippen LogP contribution in [-0.2, 0) is 4.74 Å². The van der Waals surface area contributed by atoms with Crippen LogP contribution in [-0.4, -0.2) is 50.3 Å². The van der Waals surface area contributed by atoms with Crippen LogP contribution in [0.2, 0.25) is 0 Å². The van der Waals surface area contributed by atoms with Crippen LogP contribution in [0.3, 0.4) is 0 Å². The first-order valence-electron chi connectivity index (χ1n) is 8.45. The average Bonchev–Trinajstić information content (AvgIpc) is 3.12. The van der Waals surface area contributed by atoms with Gasteiger partial charge < -0.3 is 19.7 Å². The van der Waals surface area contributed by atoms with Gasteiger partial charge in [-0.1, -0.05) is 6.07 Å². The SMILES string of the molecule is COCCOc1ccc(C(=O)NC2CCN(c3ccccn3)C2)cc1. The van der Waals surface area contributed by atoms with Gasteiger partial charge in [0.15, 0.2) is 0 Å². The van der Waals surface area contributed by atoms with Gasteiger partial charge in [0.05, 0.1) is 6.61 Å². The number of benzene rings is 1. The number of aromatic nitrogens is 1. The van der Waals surface area contributed by atoms with Crippen molar-refractivity contribution in [2.45, 2.75) is 12.5 Å². The first kappa shape index (κ1) is 17.2. The molecule has 1 atom stereocenters. The third-order valence-electron chi connectivity index (χ3n) is 4.17. The molecule has 6 heteroatoms. The number of ether oxygens (including phenoxy) is 2. The Morgan fingerprint density at radius 3 is 2.80 bits per heavy atom. The molecule has 1 aliphatic rings. The molecule has 132 valence electrons. The Morgan fingerprint density at radius 1 is 1.24 bits per heavy atom. The fraction of sp³-hybridized carbons (Fsp3) is 0.368. The van der Waals surface area contributed by atoms with Gasteiger partial charge >= 0.3 is 0 Å². The second-order valence-electron chi connectivity index (χ2n) is 5.96. The summed E-state index contributed by atoms with van der Waals surface area (Å²) in [6.45, 7) is 2.71. The monoisotopic (exact) mass is 341 g/mol. The summed E-state index contributed by atoms with van der Waals surface area (Å²) in [5.74, 6) is 1.63. The van der Waals surface area contributed by atoms with Crippen LogP contribution in [0.25, 0.3) is 0 Å². The number of nitrogens with zero attached hydrogens (tertiary/aromatic N) is 2. The number of anilines is 1. The quantitative estimate of drug-likeness (QED) is 0.782. The van der Waals surface area contributed by atoms with E-state index in [1.165, 1.54) is 0 Å². The summed E-state index contributed by atoms with van der Waals surface area (Å²) in [4.78, 5) is 19.0. The van der Waals surface area contributed by atoms with Gasteiger partial charge in [-0.05, 0) is 42.8 Å². The average molecular weight is 341 g/mol. The number of carbonyl (C=O) groups excluding carboxylic acids is 1. The van der Waals surface area contributed by atoms with E-state index in [0.29, 0.717) is 18.8 Å². The Labute approximate surface area is 147 Å². The first-order chi connectivity index (χ1) is 12.3. The van der Waals surface area contributed by atoms with Crippen LogP contribution in [0.15, 0.2) is 48.7 Å². The van der Waals surface area contributed by atoms with Gasteiger partial charge in [0.25, 0.3) is 5.91 Å². The van der Waals surface area contributed by atoms with E-state index in [2.05, 4.69) is 15.2 Å². The molecule has 6 nitrogen and oxygen atoms in total. The summed E-state index contributed by atoms with van der Waals surface area (Å²) in [6, 6.07) is 13.2. The third-order valence-corrected chi connectivity index (χ3v) is 4.17. The molecule has 1 N–H and O–H groups in total. The van der Waals surface area contributed by atoms with Crippen molar-refractivity contribution >= 4 is 11.7 Å². The topological polar surface area (TPSA) is 63.7 Å². The molecule has 0 saturated carbocycles. The van der Waals surface area contributed by atoms with Gasteiger partial charge in [-0.2, -0.15) is 0 Å². The first-order valence-corrected chi connectivity index (χ1v) is 8.45. The van der Waals surface area contributed by atoms with E-state index in [1.807, 2.05) is 18.2 Å². The van der Waals surface area contributed by atoms with Crippen LogP contribution in [0.1, 0.15) is 16.8 Å². The lowest BCUT2D eigenvalue weighted by Gasteiger charge is -2.17. The maximum Gasteiger partial charge on any atom is 0.251 e. The highest BCUT2D eigenvalue weighted by atomic mass is 16.5. The molecule has 1 amide bonds. The summed E-state index contributed by atoms with van der Waals surface area (Å²) in [6.07, 6.45) is 2.71. The highest BCUT2D eigenvalue weighted by Gasteiger charge is 2.24. The highest BCUT2D eigenvalue weighted by Crippen LogP contribution is 2.18. The number of methoxy groups -OCH3 is 1. The van der Waals surface area contributed by atoms with E-state index in [0.717, 1.165) is 31.1 Å². The summed E-state index contributed by atoms with van der Waals surface area (Å²) < 4.78 is 10.5. The Kier molecular flexibility index (Phi) is 5.85. The fourth-order valence-electron chi connectivity index (χ4n) is 2.84.